The zero-order valence-corrected chi connectivity index (χ0v) is 13.7. The van der Waals surface area contributed by atoms with Crippen LogP contribution in [0, 0.1) is 0 Å². The summed E-state index contributed by atoms with van der Waals surface area (Å²) in [5.41, 5.74) is 0.334. The van der Waals surface area contributed by atoms with Crippen molar-refractivity contribution in [3.05, 3.63) is 29.8 Å². The molecule has 1 aromatic carbocycles. The lowest BCUT2D eigenvalue weighted by Gasteiger charge is -2.08. The summed E-state index contributed by atoms with van der Waals surface area (Å²) in [6.07, 6.45) is 1.96. The van der Waals surface area contributed by atoms with Gasteiger partial charge in [0.25, 0.3) is 0 Å². The van der Waals surface area contributed by atoms with Crippen molar-refractivity contribution >= 4 is 21.7 Å². The molecular weight excluding hydrogens is 304 g/mol. The fourth-order valence-corrected chi connectivity index (χ4v) is 2.83. The molecule has 0 heterocycles. The Kier molecular flexibility index (Phi) is 7.20. The summed E-state index contributed by atoms with van der Waals surface area (Å²) in [5, 5.41) is 2.72. The van der Waals surface area contributed by atoms with E-state index in [2.05, 4.69) is 10.0 Å². The quantitative estimate of drug-likeness (QED) is 0.531. The van der Waals surface area contributed by atoms with Gasteiger partial charge in [-0.15, -0.1) is 0 Å². The van der Waals surface area contributed by atoms with Gasteiger partial charge in [0.15, 0.2) is 5.78 Å². The fourth-order valence-electron chi connectivity index (χ4n) is 1.76. The molecular formula is C15H22N2O4S. The highest BCUT2D eigenvalue weighted by Gasteiger charge is 2.15. The lowest BCUT2D eigenvalue weighted by Crippen LogP contribution is -2.31. The molecule has 0 aliphatic rings. The molecule has 1 amide bonds. The van der Waals surface area contributed by atoms with Gasteiger partial charge in [-0.2, -0.15) is 0 Å². The largest absolute Gasteiger partial charge is 0.356 e. The van der Waals surface area contributed by atoms with Crippen molar-refractivity contribution in [2.75, 3.05) is 13.1 Å². The zero-order chi connectivity index (χ0) is 16.6. The highest BCUT2D eigenvalue weighted by atomic mass is 32.2. The third-order valence-electron chi connectivity index (χ3n) is 3.05. The van der Waals surface area contributed by atoms with E-state index in [9.17, 15) is 18.0 Å². The third-order valence-corrected chi connectivity index (χ3v) is 4.51. The molecule has 7 heteroatoms. The predicted octanol–water partition coefficient (Wildman–Crippen LogP) is 1.47. The third kappa shape index (κ3) is 5.95. The Bertz CT molecular complexity index is 626. The molecule has 0 radical (unpaired) electrons. The summed E-state index contributed by atoms with van der Waals surface area (Å²) < 4.78 is 26.6. The van der Waals surface area contributed by atoms with Crippen molar-refractivity contribution in [2.24, 2.45) is 0 Å². The van der Waals surface area contributed by atoms with Crippen molar-refractivity contribution in [2.45, 2.75) is 38.0 Å². The van der Waals surface area contributed by atoms with Crippen LogP contribution >= 0.6 is 0 Å². The van der Waals surface area contributed by atoms with E-state index in [-0.39, 0.29) is 29.6 Å². The van der Waals surface area contributed by atoms with Gasteiger partial charge < -0.3 is 5.32 Å². The standard InChI is InChI=1S/C15H22N2O4S/c1-3-4-9-16-15(19)8-10-17-22(20,21)14-7-5-6-13(11-14)12(2)18/h5-7,11,17H,3-4,8-10H2,1-2H3,(H,16,19). The molecule has 0 aliphatic carbocycles. The second-order valence-electron chi connectivity index (χ2n) is 4.94. The number of nitrogens with one attached hydrogen (secondary N) is 2. The van der Waals surface area contributed by atoms with Crippen LogP contribution < -0.4 is 10.0 Å². The number of hydrogen-bond donors (Lipinski definition) is 2. The van der Waals surface area contributed by atoms with Crippen molar-refractivity contribution in [1.82, 2.24) is 10.0 Å². The smallest absolute Gasteiger partial charge is 0.240 e. The minimum atomic E-state index is -3.72. The summed E-state index contributed by atoms with van der Waals surface area (Å²) in [6, 6.07) is 5.81. The Morgan fingerprint density at radius 3 is 2.55 bits per heavy atom. The summed E-state index contributed by atoms with van der Waals surface area (Å²) in [5.74, 6) is -0.388. The summed E-state index contributed by atoms with van der Waals surface area (Å²) in [7, 11) is -3.72. The van der Waals surface area contributed by atoms with Crippen LogP contribution in [0.25, 0.3) is 0 Å². The Balaban J connectivity index is 2.56. The molecule has 0 unspecified atom stereocenters. The molecule has 0 saturated heterocycles. The maximum atomic E-state index is 12.1. The average Bonchev–Trinajstić information content (AvgIpc) is 2.47. The molecule has 0 bridgehead atoms. The highest BCUT2D eigenvalue weighted by molar-refractivity contribution is 7.89. The zero-order valence-electron chi connectivity index (χ0n) is 12.9. The molecule has 1 aromatic rings. The molecule has 0 atom stereocenters. The molecule has 0 saturated carbocycles. The number of carbonyl (C=O) groups is 2. The first-order valence-electron chi connectivity index (χ1n) is 7.24. The summed E-state index contributed by atoms with van der Waals surface area (Å²) >= 11 is 0. The number of unbranched alkanes of at least 4 members (excludes halogenated alkanes) is 1. The van der Waals surface area contributed by atoms with Crippen molar-refractivity contribution < 1.29 is 18.0 Å². The first-order valence-corrected chi connectivity index (χ1v) is 8.72. The van der Waals surface area contributed by atoms with E-state index < -0.39 is 10.0 Å². The number of carbonyl (C=O) groups excluding carboxylic acids is 2. The van der Waals surface area contributed by atoms with Crippen LogP contribution in [0.4, 0.5) is 0 Å². The Labute approximate surface area is 131 Å². The Morgan fingerprint density at radius 1 is 1.18 bits per heavy atom. The number of hydrogen-bond acceptors (Lipinski definition) is 4. The first kappa shape index (κ1) is 18.3. The van der Waals surface area contributed by atoms with Crippen LogP contribution in [0.1, 0.15) is 43.5 Å². The SMILES string of the molecule is CCCCNC(=O)CCNS(=O)(=O)c1cccc(C(C)=O)c1. The van der Waals surface area contributed by atoms with Crippen LogP contribution in [-0.2, 0) is 14.8 Å². The minimum absolute atomic E-state index is 0.0184. The van der Waals surface area contributed by atoms with E-state index >= 15 is 0 Å². The summed E-state index contributed by atoms with van der Waals surface area (Å²) in [6.45, 7) is 4.02. The molecule has 122 valence electrons. The predicted molar refractivity (Wildman–Crippen MR) is 84.2 cm³/mol. The number of sulfonamides is 1. The van der Waals surface area contributed by atoms with Gasteiger partial charge in [0.2, 0.25) is 15.9 Å². The minimum Gasteiger partial charge on any atom is -0.356 e. The average molecular weight is 326 g/mol. The van der Waals surface area contributed by atoms with Crippen LogP contribution in [-0.4, -0.2) is 33.2 Å². The maximum Gasteiger partial charge on any atom is 0.240 e. The summed E-state index contributed by atoms with van der Waals surface area (Å²) in [4.78, 5) is 22.8. The normalized spacial score (nSPS) is 11.2. The van der Waals surface area contributed by atoms with Crippen LogP contribution in [0.2, 0.25) is 0 Å². The van der Waals surface area contributed by atoms with E-state index in [4.69, 9.17) is 0 Å². The van der Waals surface area contributed by atoms with Gasteiger partial charge in [-0.3, -0.25) is 9.59 Å². The van der Waals surface area contributed by atoms with Crippen molar-refractivity contribution in [1.29, 1.82) is 0 Å². The molecule has 0 fully saturated rings. The Morgan fingerprint density at radius 2 is 1.91 bits per heavy atom. The van der Waals surface area contributed by atoms with Gasteiger partial charge in [-0.25, -0.2) is 13.1 Å². The highest BCUT2D eigenvalue weighted by Crippen LogP contribution is 2.11. The van der Waals surface area contributed by atoms with E-state index in [1.165, 1.54) is 25.1 Å². The van der Waals surface area contributed by atoms with Gasteiger partial charge in [0, 0.05) is 25.1 Å². The maximum absolute atomic E-state index is 12.1. The second kappa shape index (κ2) is 8.65. The molecule has 6 nitrogen and oxygen atoms in total. The molecule has 22 heavy (non-hydrogen) atoms. The molecule has 0 aromatic heterocycles. The topological polar surface area (TPSA) is 92.3 Å². The second-order valence-corrected chi connectivity index (χ2v) is 6.70. The molecule has 0 aliphatic heterocycles. The fraction of sp³-hybridized carbons (Fsp3) is 0.467. The molecule has 2 N–H and O–H groups in total. The van der Waals surface area contributed by atoms with Gasteiger partial charge in [-0.1, -0.05) is 25.5 Å². The number of amides is 1. The number of ketones is 1. The molecule has 1 rings (SSSR count). The molecule has 0 spiro atoms. The van der Waals surface area contributed by atoms with Gasteiger partial charge in [-0.05, 0) is 25.5 Å². The van der Waals surface area contributed by atoms with Crippen LogP contribution in [0.5, 0.6) is 0 Å². The Hall–Kier alpha value is -1.73. The van der Waals surface area contributed by atoms with Gasteiger partial charge >= 0.3 is 0 Å². The van der Waals surface area contributed by atoms with Crippen LogP contribution in [0.3, 0.4) is 0 Å². The van der Waals surface area contributed by atoms with E-state index in [1.807, 2.05) is 6.92 Å². The van der Waals surface area contributed by atoms with E-state index in [0.29, 0.717) is 12.1 Å². The van der Waals surface area contributed by atoms with Gasteiger partial charge in [0.1, 0.15) is 0 Å². The first-order chi connectivity index (χ1) is 10.4. The van der Waals surface area contributed by atoms with E-state index in [1.54, 1.807) is 6.07 Å². The van der Waals surface area contributed by atoms with Crippen molar-refractivity contribution in [3.8, 4) is 0 Å². The lowest BCUT2D eigenvalue weighted by molar-refractivity contribution is -0.120. The van der Waals surface area contributed by atoms with Crippen LogP contribution in [0.15, 0.2) is 29.2 Å². The number of rotatable bonds is 9. The number of Topliss-reactive ketones (excluding diaryl/α,β-unsaturated/α-hetero) is 1. The lowest BCUT2D eigenvalue weighted by atomic mass is 10.2. The van der Waals surface area contributed by atoms with Crippen molar-refractivity contribution in [3.63, 3.8) is 0 Å². The van der Waals surface area contributed by atoms with Gasteiger partial charge in [0.05, 0.1) is 4.90 Å². The monoisotopic (exact) mass is 326 g/mol. The van der Waals surface area contributed by atoms with E-state index in [0.717, 1.165) is 12.8 Å². The number of benzene rings is 1.